The van der Waals surface area contributed by atoms with E-state index >= 15 is 0 Å². The van der Waals surface area contributed by atoms with Crippen molar-refractivity contribution in [3.05, 3.63) is 87.0 Å². The lowest BCUT2D eigenvalue weighted by Gasteiger charge is -2.10. The van der Waals surface area contributed by atoms with E-state index in [-0.39, 0.29) is 11.4 Å². The number of thiophene rings is 1. The molecule has 0 spiro atoms. The van der Waals surface area contributed by atoms with E-state index in [4.69, 9.17) is 5.26 Å². The number of halogens is 1. The first kappa shape index (κ1) is 17.1. The second-order valence-electron chi connectivity index (χ2n) is 6.20. The number of fused-ring (bicyclic) bond motifs is 1. The van der Waals surface area contributed by atoms with Gasteiger partial charge < -0.3 is 0 Å². The standard InChI is InChI=1S/C21H14FN3OS/c1-13-24-20-19(18(12-27-20)16-5-7-17(22)8-6-16)21(26)25(13)11-15-4-2-3-14(9-15)10-23/h2-9,12H,11H2,1H3. The Morgan fingerprint density at radius 3 is 2.74 bits per heavy atom. The molecular formula is C21H14FN3OS. The van der Waals surface area contributed by atoms with Gasteiger partial charge in [-0.15, -0.1) is 11.3 Å². The molecule has 0 saturated carbocycles. The summed E-state index contributed by atoms with van der Waals surface area (Å²) in [5.74, 6) is 0.296. The predicted molar refractivity (Wildman–Crippen MR) is 104 cm³/mol. The number of nitrogens with zero attached hydrogens (tertiary/aromatic N) is 3. The minimum absolute atomic E-state index is 0.138. The molecule has 4 nitrogen and oxygen atoms in total. The van der Waals surface area contributed by atoms with Crippen LogP contribution in [0.3, 0.4) is 0 Å². The molecule has 2 heterocycles. The number of aromatic nitrogens is 2. The Balaban J connectivity index is 1.87. The van der Waals surface area contributed by atoms with Crippen LogP contribution in [0.2, 0.25) is 0 Å². The van der Waals surface area contributed by atoms with Crippen LogP contribution in [-0.4, -0.2) is 9.55 Å². The fourth-order valence-electron chi connectivity index (χ4n) is 3.08. The minimum Gasteiger partial charge on any atom is -0.292 e. The first-order valence-corrected chi connectivity index (χ1v) is 9.18. The van der Waals surface area contributed by atoms with Crippen molar-refractivity contribution in [2.24, 2.45) is 0 Å². The SMILES string of the molecule is Cc1nc2scc(-c3ccc(F)cc3)c2c(=O)n1Cc1cccc(C#N)c1. The zero-order chi connectivity index (χ0) is 19.0. The van der Waals surface area contributed by atoms with Crippen molar-refractivity contribution in [3.8, 4) is 17.2 Å². The Morgan fingerprint density at radius 1 is 1.22 bits per heavy atom. The van der Waals surface area contributed by atoms with E-state index in [1.165, 1.54) is 23.5 Å². The second-order valence-corrected chi connectivity index (χ2v) is 7.06. The fourth-order valence-corrected chi connectivity index (χ4v) is 4.06. The zero-order valence-electron chi connectivity index (χ0n) is 14.4. The lowest BCUT2D eigenvalue weighted by Crippen LogP contribution is -2.24. The molecule has 2 aromatic carbocycles. The van der Waals surface area contributed by atoms with Crippen LogP contribution in [0, 0.1) is 24.1 Å². The summed E-state index contributed by atoms with van der Waals surface area (Å²) in [6, 6.07) is 15.4. The average Bonchev–Trinajstić information content (AvgIpc) is 3.09. The minimum atomic E-state index is -0.318. The lowest BCUT2D eigenvalue weighted by molar-refractivity contribution is 0.628. The Kier molecular flexibility index (Phi) is 4.30. The van der Waals surface area contributed by atoms with Crippen molar-refractivity contribution in [1.29, 1.82) is 5.26 Å². The molecule has 0 fully saturated rings. The first-order chi connectivity index (χ1) is 13.1. The maximum Gasteiger partial charge on any atom is 0.263 e. The highest BCUT2D eigenvalue weighted by Gasteiger charge is 2.16. The lowest BCUT2D eigenvalue weighted by atomic mass is 10.1. The van der Waals surface area contributed by atoms with Gasteiger partial charge in [0.15, 0.2) is 0 Å². The van der Waals surface area contributed by atoms with E-state index in [9.17, 15) is 9.18 Å². The largest absolute Gasteiger partial charge is 0.292 e. The Morgan fingerprint density at radius 2 is 2.00 bits per heavy atom. The van der Waals surface area contributed by atoms with Gasteiger partial charge in [0, 0.05) is 10.9 Å². The molecule has 0 aliphatic carbocycles. The van der Waals surface area contributed by atoms with E-state index in [1.54, 1.807) is 41.8 Å². The highest BCUT2D eigenvalue weighted by atomic mass is 32.1. The molecule has 0 atom stereocenters. The van der Waals surface area contributed by atoms with Crippen molar-refractivity contribution >= 4 is 21.6 Å². The molecule has 0 amide bonds. The monoisotopic (exact) mass is 375 g/mol. The van der Waals surface area contributed by atoms with Crippen LogP contribution in [-0.2, 0) is 6.54 Å². The van der Waals surface area contributed by atoms with E-state index in [0.717, 1.165) is 16.7 Å². The molecule has 27 heavy (non-hydrogen) atoms. The summed E-state index contributed by atoms with van der Waals surface area (Å²) in [6.07, 6.45) is 0. The van der Waals surface area contributed by atoms with Crippen molar-refractivity contribution in [2.75, 3.05) is 0 Å². The molecule has 4 aromatic rings. The first-order valence-electron chi connectivity index (χ1n) is 8.30. The quantitative estimate of drug-likeness (QED) is 0.530. The highest BCUT2D eigenvalue weighted by molar-refractivity contribution is 7.17. The molecular weight excluding hydrogens is 361 g/mol. The predicted octanol–water partition coefficient (Wildman–Crippen LogP) is 4.49. The molecule has 0 aliphatic heterocycles. The number of aryl methyl sites for hydroxylation is 1. The molecule has 2 aromatic heterocycles. The van der Waals surface area contributed by atoms with Crippen molar-refractivity contribution in [3.63, 3.8) is 0 Å². The van der Waals surface area contributed by atoms with Gasteiger partial charge in [-0.25, -0.2) is 9.37 Å². The number of benzene rings is 2. The number of hydrogen-bond donors (Lipinski definition) is 0. The molecule has 0 unspecified atom stereocenters. The van der Waals surface area contributed by atoms with Gasteiger partial charge in [-0.2, -0.15) is 5.26 Å². The molecule has 0 N–H and O–H groups in total. The van der Waals surface area contributed by atoms with Gasteiger partial charge in [0.05, 0.1) is 23.6 Å². The smallest absolute Gasteiger partial charge is 0.263 e. The van der Waals surface area contributed by atoms with Crippen molar-refractivity contribution in [1.82, 2.24) is 9.55 Å². The Bertz CT molecular complexity index is 1250. The van der Waals surface area contributed by atoms with Gasteiger partial charge in [0.1, 0.15) is 16.5 Å². The summed E-state index contributed by atoms with van der Waals surface area (Å²) in [4.78, 5) is 18.5. The molecule has 0 radical (unpaired) electrons. The number of hydrogen-bond acceptors (Lipinski definition) is 4. The van der Waals surface area contributed by atoms with Crippen LogP contribution in [0.25, 0.3) is 21.3 Å². The summed E-state index contributed by atoms with van der Waals surface area (Å²) in [7, 11) is 0. The van der Waals surface area contributed by atoms with E-state index in [2.05, 4.69) is 11.1 Å². The number of nitriles is 1. The molecule has 132 valence electrons. The molecule has 4 rings (SSSR count). The summed E-state index contributed by atoms with van der Waals surface area (Å²) in [5, 5.41) is 11.5. The topological polar surface area (TPSA) is 58.7 Å². The third-order valence-electron chi connectivity index (χ3n) is 4.44. The molecule has 0 aliphatic rings. The molecule has 0 saturated heterocycles. The normalized spacial score (nSPS) is 10.9. The molecule has 6 heteroatoms. The third-order valence-corrected chi connectivity index (χ3v) is 5.31. The molecule has 0 bridgehead atoms. The second kappa shape index (κ2) is 6.78. The average molecular weight is 375 g/mol. The van der Waals surface area contributed by atoms with Crippen molar-refractivity contribution in [2.45, 2.75) is 13.5 Å². The van der Waals surface area contributed by atoms with Gasteiger partial charge in [0.2, 0.25) is 0 Å². The van der Waals surface area contributed by atoms with Crippen LogP contribution in [0.1, 0.15) is 17.0 Å². The van der Waals surface area contributed by atoms with E-state index < -0.39 is 0 Å². The van der Waals surface area contributed by atoms with Crippen LogP contribution in [0.4, 0.5) is 4.39 Å². The van der Waals surface area contributed by atoms with Crippen LogP contribution in [0.5, 0.6) is 0 Å². The Labute approximate surface area is 158 Å². The van der Waals surface area contributed by atoms with Crippen LogP contribution < -0.4 is 5.56 Å². The Hall–Kier alpha value is -3.30. The zero-order valence-corrected chi connectivity index (χ0v) is 15.3. The summed E-state index contributed by atoms with van der Waals surface area (Å²) >= 11 is 1.40. The summed E-state index contributed by atoms with van der Waals surface area (Å²) in [6.45, 7) is 2.13. The van der Waals surface area contributed by atoms with Gasteiger partial charge in [-0.3, -0.25) is 9.36 Å². The van der Waals surface area contributed by atoms with Gasteiger partial charge in [0.25, 0.3) is 5.56 Å². The highest BCUT2D eigenvalue weighted by Crippen LogP contribution is 2.31. The van der Waals surface area contributed by atoms with Gasteiger partial charge in [-0.1, -0.05) is 24.3 Å². The number of rotatable bonds is 3. The van der Waals surface area contributed by atoms with Gasteiger partial charge in [-0.05, 0) is 42.3 Å². The third kappa shape index (κ3) is 3.14. The van der Waals surface area contributed by atoms with E-state index in [0.29, 0.717) is 28.1 Å². The van der Waals surface area contributed by atoms with Crippen LogP contribution >= 0.6 is 11.3 Å². The van der Waals surface area contributed by atoms with Crippen LogP contribution in [0.15, 0.2) is 58.7 Å². The van der Waals surface area contributed by atoms with Gasteiger partial charge >= 0.3 is 0 Å². The maximum atomic E-state index is 13.2. The van der Waals surface area contributed by atoms with Crippen molar-refractivity contribution < 1.29 is 4.39 Å². The van der Waals surface area contributed by atoms with E-state index in [1.807, 2.05) is 11.4 Å². The summed E-state index contributed by atoms with van der Waals surface area (Å²) < 4.78 is 14.9. The maximum absolute atomic E-state index is 13.2. The summed E-state index contributed by atoms with van der Waals surface area (Å²) in [5.41, 5.74) is 2.81. The fraction of sp³-hybridized carbons (Fsp3) is 0.0952.